The van der Waals surface area contributed by atoms with Crippen LogP contribution in [0.2, 0.25) is 0 Å². The summed E-state index contributed by atoms with van der Waals surface area (Å²) in [4.78, 5) is 0. The molecule has 0 N–H and O–H groups in total. The molecule has 0 saturated heterocycles. The third kappa shape index (κ3) is 15.0. The van der Waals surface area contributed by atoms with Gasteiger partial charge in [0.1, 0.15) is 0 Å². The molecule has 0 unspecified atom stereocenters. The van der Waals surface area contributed by atoms with E-state index in [-0.39, 0.29) is 0 Å². The first kappa shape index (κ1) is 54.8. The predicted molar refractivity (Wildman–Crippen MR) is 290 cm³/mol. The molecule has 0 atom stereocenters. The lowest BCUT2D eigenvalue weighted by atomic mass is 9.86. The van der Waals surface area contributed by atoms with Gasteiger partial charge in [-0.2, -0.15) is 0 Å². The zero-order valence-electron chi connectivity index (χ0n) is 41.3. The van der Waals surface area contributed by atoms with E-state index in [2.05, 4.69) is 206 Å². The molecule has 0 spiro atoms. The van der Waals surface area contributed by atoms with Gasteiger partial charge in [-0.25, -0.2) is 0 Å². The molecule has 9 aromatic carbocycles. The zero-order chi connectivity index (χ0) is 46.8. The van der Waals surface area contributed by atoms with Crippen molar-refractivity contribution in [1.29, 1.82) is 0 Å². The Balaban J connectivity index is 0.000000451. The standard InChI is InChI=1S/C26H18.C13H10.C10H8.7C2H6/c1-3-11-19(12-4-1)25-21-15-7-9-17-23(21)26(20-13-5-2-6-14-20)24-18-10-8-16-22(24)25;1-3-7-12-10(5-1)9-11-6-2-4-8-13(11)12;1-2-6-10-8-4-3-7-9(10)5-1;7*1-2/h1-18H;1-8H,9H2;1-8H;7*1-2H3. The summed E-state index contributed by atoms with van der Waals surface area (Å²) < 4.78 is 0. The third-order valence-corrected chi connectivity index (χ3v) is 9.42. The molecule has 0 heteroatoms. The molecule has 1 aliphatic carbocycles. The topological polar surface area (TPSA) is 0 Å². The van der Waals surface area contributed by atoms with E-state index in [0.29, 0.717) is 0 Å². The van der Waals surface area contributed by atoms with Crippen LogP contribution in [0.4, 0.5) is 0 Å². The highest BCUT2D eigenvalue weighted by Gasteiger charge is 2.17. The third-order valence-electron chi connectivity index (χ3n) is 9.42. The van der Waals surface area contributed by atoms with Crippen LogP contribution in [0.25, 0.3) is 65.7 Å². The Kier molecular flexibility index (Phi) is 29.0. The molecule has 1 aliphatic rings. The van der Waals surface area contributed by atoms with Crippen LogP contribution in [0, 0.1) is 0 Å². The average molecular weight is 835 g/mol. The number of fused-ring (bicyclic) bond motifs is 6. The fourth-order valence-electron chi connectivity index (χ4n) is 7.17. The van der Waals surface area contributed by atoms with Gasteiger partial charge in [0.15, 0.2) is 0 Å². The lowest BCUT2D eigenvalue weighted by molar-refractivity contribution is 1.26. The fraction of sp³-hybridized carbons (Fsp3) is 0.238. The number of hydrogen-bond acceptors (Lipinski definition) is 0. The first-order valence-corrected chi connectivity index (χ1v) is 24.0. The SMILES string of the molecule is CC.CC.CC.CC.CC.CC.CC.c1ccc(-c2c3ccccc3c(-c3ccccc3)c3ccccc23)cc1.c1ccc2c(c1)Cc1ccccc1-2.c1ccc2ccccc2c1. The van der Waals surface area contributed by atoms with Crippen LogP contribution in [-0.4, -0.2) is 0 Å². The molecule has 0 aromatic heterocycles. The molecule has 10 rings (SSSR count). The van der Waals surface area contributed by atoms with Crippen LogP contribution >= 0.6 is 0 Å². The summed E-state index contributed by atoms with van der Waals surface area (Å²) in [6.07, 6.45) is 1.10. The predicted octanol–water partition coefficient (Wildman–Crippen LogP) is 20.6. The number of benzene rings is 9. The maximum absolute atomic E-state index is 2.25. The fourth-order valence-corrected chi connectivity index (χ4v) is 7.17. The van der Waals surface area contributed by atoms with Gasteiger partial charge in [-0.1, -0.05) is 303 Å². The van der Waals surface area contributed by atoms with Gasteiger partial charge >= 0.3 is 0 Å². The summed E-state index contributed by atoms with van der Waals surface area (Å²) in [7, 11) is 0. The molecule has 0 aliphatic heterocycles. The molecular weight excluding hydrogens is 757 g/mol. The molecule has 9 aromatic rings. The van der Waals surface area contributed by atoms with E-state index in [0.717, 1.165) is 6.42 Å². The van der Waals surface area contributed by atoms with Crippen LogP contribution < -0.4 is 0 Å². The van der Waals surface area contributed by atoms with Crippen molar-refractivity contribution < 1.29 is 0 Å². The van der Waals surface area contributed by atoms with Gasteiger partial charge < -0.3 is 0 Å². The van der Waals surface area contributed by atoms with Crippen molar-refractivity contribution in [3.05, 3.63) is 217 Å². The van der Waals surface area contributed by atoms with Gasteiger partial charge in [-0.3, -0.25) is 0 Å². The highest BCUT2D eigenvalue weighted by atomic mass is 14.2. The van der Waals surface area contributed by atoms with E-state index < -0.39 is 0 Å². The molecule has 0 saturated carbocycles. The quantitative estimate of drug-likeness (QED) is 0.152. The molecule has 0 bridgehead atoms. The summed E-state index contributed by atoms with van der Waals surface area (Å²) in [6.45, 7) is 28.0. The minimum absolute atomic E-state index is 1.10. The van der Waals surface area contributed by atoms with Crippen LogP contribution in [0.5, 0.6) is 0 Å². The average Bonchev–Trinajstić information content (AvgIpc) is 3.79. The Labute approximate surface area is 384 Å². The van der Waals surface area contributed by atoms with Crippen molar-refractivity contribution in [2.45, 2.75) is 103 Å². The summed E-state index contributed by atoms with van der Waals surface area (Å²) in [5, 5.41) is 7.83. The molecule has 0 heterocycles. The van der Waals surface area contributed by atoms with E-state index in [4.69, 9.17) is 0 Å². The van der Waals surface area contributed by atoms with Crippen LogP contribution in [0.15, 0.2) is 206 Å². The lowest BCUT2D eigenvalue weighted by Crippen LogP contribution is -1.90. The lowest BCUT2D eigenvalue weighted by Gasteiger charge is -2.17. The van der Waals surface area contributed by atoms with Crippen molar-refractivity contribution in [2.24, 2.45) is 0 Å². The second kappa shape index (κ2) is 33.4. The molecule has 0 amide bonds. The Morgan fingerprint density at radius 2 is 0.444 bits per heavy atom. The first-order chi connectivity index (χ1) is 31.3. The van der Waals surface area contributed by atoms with Crippen molar-refractivity contribution in [3.8, 4) is 33.4 Å². The van der Waals surface area contributed by atoms with E-state index in [1.807, 2.05) is 96.9 Å². The van der Waals surface area contributed by atoms with Crippen LogP contribution in [0.3, 0.4) is 0 Å². The second-order valence-electron chi connectivity index (χ2n) is 12.4. The maximum atomic E-state index is 2.25. The second-order valence-corrected chi connectivity index (χ2v) is 12.4. The molecule has 63 heavy (non-hydrogen) atoms. The van der Waals surface area contributed by atoms with Gasteiger partial charge in [0, 0.05) is 0 Å². The molecule has 330 valence electrons. The van der Waals surface area contributed by atoms with E-state index in [9.17, 15) is 0 Å². The smallest absolute Gasteiger partial charge is 0.00135 e. The monoisotopic (exact) mass is 835 g/mol. The summed E-state index contributed by atoms with van der Waals surface area (Å²) in [6, 6.07) is 73.0. The van der Waals surface area contributed by atoms with Gasteiger partial charge in [0.25, 0.3) is 0 Å². The van der Waals surface area contributed by atoms with E-state index >= 15 is 0 Å². The zero-order valence-corrected chi connectivity index (χ0v) is 41.3. The Morgan fingerprint density at radius 1 is 0.222 bits per heavy atom. The van der Waals surface area contributed by atoms with Crippen molar-refractivity contribution in [1.82, 2.24) is 0 Å². The summed E-state index contributed by atoms with van der Waals surface area (Å²) >= 11 is 0. The molecular formula is C63H78. The Hall–Kier alpha value is -6.24. The molecule has 0 nitrogen and oxygen atoms in total. The summed E-state index contributed by atoms with van der Waals surface area (Å²) in [5.41, 5.74) is 10.9. The van der Waals surface area contributed by atoms with Gasteiger partial charge in [0.05, 0.1) is 0 Å². The van der Waals surface area contributed by atoms with Crippen molar-refractivity contribution >= 4 is 32.3 Å². The minimum Gasteiger partial charge on any atom is -0.0683 e. The Bertz CT molecular complexity index is 2240. The number of hydrogen-bond donors (Lipinski definition) is 0. The maximum Gasteiger partial charge on any atom is -0.00135 e. The Morgan fingerprint density at radius 3 is 0.730 bits per heavy atom. The van der Waals surface area contributed by atoms with Crippen LogP contribution in [0.1, 0.15) is 108 Å². The molecule has 0 radical (unpaired) electrons. The van der Waals surface area contributed by atoms with Crippen LogP contribution in [-0.2, 0) is 6.42 Å². The normalized spacial score (nSPS) is 9.37. The van der Waals surface area contributed by atoms with Crippen molar-refractivity contribution in [3.63, 3.8) is 0 Å². The minimum atomic E-state index is 1.10. The van der Waals surface area contributed by atoms with E-state index in [1.54, 1.807) is 0 Å². The van der Waals surface area contributed by atoms with Crippen molar-refractivity contribution in [2.75, 3.05) is 0 Å². The van der Waals surface area contributed by atoms with Gasteiger partial charge in [-0.05, 0) is 83.2 Å². The van der Waals surface area contributed by atoms with Gasteiger partial charge in [0.2, 0.25) is 0 Å². The highest BCUT2D eigenvalue weighted by Crippen LogP contribution is 2.43. The van der Waals surface area contributed by atoms with Gasteiger partial charge in [-0.15, -0.1) is 0 Å². The first-order valence-electron chi connectivity index (χ1n) is 24.0. The summed E-state index contributed by atoms with van der Waals surface area (Å²) in [5.74, 6) is 0. The molecule has 0 fully saturated rings. The highest BCUT2D eigenvalue weighted by molar-refractivity contribution is 6.21. The van der Waals surface area contributed by atoms with E-state index in [1.165, 1.54) is 76.8 Å². The number of rotatable bonds is 2. The largest absolute Gasteiger partial charge is 0.0683 e.